The third-order valence-corrected chi connectivity index (χ3v) is 5.37. The molecule has 0 fully saturated rings. The van der Waals surface area contributed by atoms with E-state index in [4.69, 9.17) is 0 Å². The third kappa shape index (κ3) is 10.3. The smallest absolute Gasteiger partial charge is 0.224 e. The lowest BCUT2D eigenvalue weighted by Gasteiger charge is -2.08. The maximum Gasteiger partial charge on any atom is 0.224 e. The Balaban J connectivity index is 1.62. The summed E-state index contributed by atoms with van der Waals surface area (Å²) in [4.78, 5) is 46.9. The number of hydrogen-bond acceptors (Lipinski definition) is 4. The summed E-state index contributed by atoms with van der Waals surface area (Å²) < 4.78 is 0. The molecule has 34 heavy (non-hydrogen) atoms. The average molecular weight is 467 g/mol. The number of rotatable bonds is 13. The van der Waals surface area contributed by atoms with E-state index in [0.29, 0.717) is 62.7 Å². The summed E-state index contributed by atoms with van der Waals surface area (Å²) in [5.74, 6) is -0.186. The Morgan fingerprint density at radius 1 is 0.529 bits per heavy atom. The van der Waals surface area contributed by atoms with Crippen molar-refractivity contribution in [3.63, 3.8) is 0 Å². The summed E-state index contributed by atoms with van der Waals surface area (Å²) in [5.41, 5.74) is 3.49. The molecule has 0 saturated heterocycles. The minimum absolute atomic E-state index is 0.00142. The van der Waals surface area contributed by atoms with Gasteiger partial charge < -0.3 is 21.3 Å². The largest absolute Gasteiger partial charge is 0.359 e. The van der Waals surface area contributed by atoms with Crippen LogP contribution in [0.25, 0.3) is 0 Å². The first-order chi connectivity index (χ1) is 16.4. The second kappa shape index (κ2) is 14.5. The van der Waals surface area contributed by atoms with E-state index in [0.717, 1.165) is 11.1 Å². The molecule has 182 valence electrons. The van der Waals surface area contributed by atoms with Crippen molar-refractivity contribution >= 4 is 35.0 Å². The number of amides is 4. The standard InChI is InChI=1S/C26H34N4O4/c1-27-23(31)17-11-19-7-13-21(14-8-19)29-25(33)5-3-4-6-26(34)30-22-15-9-20(10-16-22)12-18-24(32)28-2/h7-10,13-16H,3-6,11-12,17-18H2,1-2H3,(H,27,31)(H,28,32)(H,29,33)(H,30,34). The fourth-order valence-electron chi connectivity index (χ4n) is 3.29. The van der Waals surface area contributed by atoms with Crippen LogP contribution in [-0.2, 0) is 32.0 Å². The van der Waals surface area contributed by atoms with E-state index in [1.807, 2.05) is 48.5 Å². The molecule has 0 heterocycles. The molecule has 8 nitrogen and oxygen atoms in total. The van der Waals surface area contributed by atoms with E-state index < -0.39 is 0 Å². The topological polar surface area (TPSA) is 116 Å². The number of nitrogens with one attached hydrogen (secondary N) is 4. The first kappa shape index (κ1) is 26.6. The molecular weight excluding hydrogens is 432 g/mol. The molecule has 0 bridgehead atoms. The summed E-state index contributed by atoms with van der Waals surface area (Å²) in [6.45, 7) is 0. The second-order valence-electron chi connectivity index (χ2n) is 8.04. The van der Waals surface area contributed by atoms with Gasteiger partial charge in [0.1, 0.15) is 0 Å². The molecule has 0 aliphatic carbocycles. The highest BCUT2D eigenvalue weighted by molar-refractivity contribution is 5.91. The van der Waals surface area contributed by atoms with Gasteiger partial charge >= 0.3 is 0 Å². The fraction of sp³-hybridized carbons (Fsp3) is 0.385. The average Bonchev–Trinajstić information content (AvgIpc) is 2.85. The van der Waals surface area contributed by atoms with E-state index in [-0.39, 0.29) is 23.6 Å². The van der Waals surface area contributed by atoms with Crippen molar-refractivity contribution in [2.75, 3.05) is 24.7 Å². The summed E-state index contributed by atoms with van der Waals surface area (Å²) in [6, 6.07) is 14.9. The molecule has 2 aromatic carbocycles. The number of unbranched alkanes of at least 4 members (excludes halogenated alkanes) is 1. The third-order valence-electron chi connectivity index (χ3n) is 5.37. The Morgan fingerprint density at radius 3 is 1.21 bits per heavy atom. The van der Waals surface area contributed by atoms with Crippen molar-refractivity contribution in [1.29, 1.82) is 0 Å². The molecule has 4 N–H and O–H groups in total. The Morgan fingerprint density at radius 2 is 0.882 bits per heavy atom. The van der Waals surface area contributed by atoms with Crippen LogP contribution in [0.1, 0.15) is 49.7 Å². The van der Waals surface area contributed by atoms with E-state index in [9.17, 15) is 19.2 Å². The Kier molecular flexibility index (Phi) is 11.3. The molecule has 8 heteroatoms. The highest BCUT2D eigenvalue weighted by Crippen LogP contribution is 2.14. The lowest BCUT2D eigenvalue weighted by Crippen LogP contribution is -2.17. The number of benzene rings is 2. The predicted octanol–water partition coefficient (Wildman–Crippen LogP) is 3.18. The summed E-state index contributed by atoms with van der Waals surface area (Å²) in [5, 5.41) is 10.9. The number of hydrogen-bond donors (Lipinski definition) is 4. The SMILES string of the molecule is CNC(=O)CCc1ccc(NC(=O)CCCCC(=O)Nc2ccc(CCC(=O)NC)cc2)cc1. The van der Waals surface area contributed by atoms with Crippen LogP contribution in [0.15, 0.2) is 48.5 Å². The van der Waals surface area contributed by atoms with Crippen molar-refractivity contribution < 1.29 is 19.2 Å². The summed E-state index contributed by atoms with van der Waals surface area (Å²) >= 11 is 0. The van der Waals surface area contributed by atoms with Crippen LogP contribution in [0.4, 0.5) is 11.4 Å². The molecule has 0 aliphatic heterocycles. The maximum absolute atomic E-state index is 12.1. The van der Waals surface area contributed by atoms with Crippen molar-refractivity contribution in [3.05, 3.63) is 59.7 Å². The molecule has 0 atom stereocenters. The second-order valence-corrected chi connectivity index (χ2v) is 8.04. The molecule has 0 saturated carbocycles. The van der Waals surface area contributed by atoms with Gasteiger partial charge in [0.25, 0.3) is 0 Å². The molecule has 0 aliphatic rings. The lowest BCUT2D eigenvalue weighted by molar-refractivity contribution is -0.121. The van der Waals surface area contributed by atoms with Gasteiger partial charge in [-0.15, -0.1) is 0 Å². The van der Waals surface area contributed by atoms with Gasteiger partial charge in [-0.25, -0.2) is 0 Å². The lowest BCUT2D eigenvalue weighted by atomic mass is 10.1. The molecule has 0 unspecified atom stereocenters. The molecule has 0 aromatic heterocycles. The number of anilines is 2. The Hall–Kier alpha value is -3.68. The summed E-state index contributed by atoms with van der Waals surface area (Å²) in [6.07, 6.45) is 4.07. The normalized spacial score (nSPS) is 10.3. The van der Waals surface area contributed by atoms with Crippen molar-refractivity contribution in [2.45, 2.75) is 51.4 Å². The van der Waals surface area contributed by atoms with Gasteiger partial charge in [-0.05, 0) is 61.1 Å². The number of aryl methyl sites for hydroxylation is 2. The van der Waals surface area contributed by atoms with Crippen LogP contribution in [0.5, 0.6) is 0 Å². The first-order valence-corrected chi connectivity index (χ1v) is 11.6. The van der Waals surface area contributed by atoms with E-state index >= 15 is 0 Å². The zero-order chi connectivity index (χ0) is 24.8. The Labute approximate surface area is 200 Å². The molecule has 4 amide bonds. The highest BCUT2D eigenvalue weighted by atomic mass is 16.2. The summed E-state index contributed by atoms with van der Waals surface area (Å²) in [7, 11) is 3.23. The van der Waals surface area contributed by atoms with Gasteiger partial charge in [0.05, 0.1) is 0 Å². The van der Waals surface area contributed by atoms with Gasteiger partial charge in [0, 0.05) is 51.2 Å². The van der Waals surface area contributed by atoms with Crippen LogP contribution >= 0.6 is 0 Å². The van der Waals surface area contributed by atoms with Crippen LogP contribution in [0.3, 0.4) is 0 Å². The Bertz CT molecular complexity index is 876. The zero-order valence-electron chi connectivity index (χ0n) is 19.9. The van der Waals surface area contributed by atoms with Crippen LogP contribution in [-0.4, -0.2) is 37.7 Å². The van der Waals surface area contributed by atoms with Crippen LogP contribution < -0.4 is 21.3 Å². The molecular formula is C26H34N4O4. The first-order valence-electron chi connectivity index (χ1n) is 11.6. The predicted molar refractivity (Wildman–Crippen MR) is 133 cm³/mol. The van der Waals surface area contributed by atoms with E-state index in [1.165, 1.54) is 0 Å². The van der Waals surface area contributed by atoms with Crippen molar-refractivity contribution in [1.82, 2.24) is 10.6 Å². The van der Waals surface area contributed by atoms with Gasteiger partial charge in [0.15, 0.2) is 0 Å². The van der Waals surface area contributed by atoms with E-state index in [1.54, 1.807) is 14.1 Å². The van der Waals surface area contributed by atoms with Gasteiger partial charge in [-0.3, -0.25) is 19.2 Å². The van der Waals surface area contributed by atoms with Gasteiger partial charge in [-0.2, -0.15) is 0 Å². The molecule has 0 spiro atoms. The molecule has 0 radical (unpaired) electrons. The van der Waals surface area contributed by atoms with Crippen LogP contribution in [0.2, 0.25) is 0 Å². The van der Waals surface area contributed by atoms with Crippen LogP contribution in [0, 0.1) is 0 Å². The maximum atomic E-state index is 12.1. The minimum atomic E-state index is -0.0918. The monoisotopic (exact) mass is 466 g/mol. The zero-order valence-corrected chi connectivity index (χ0v) is 19.9. The number of carbonyl (C=O) groups excluding carboxylic acids is 4. The quantitative estimate of drug-likeness (QED) is 0.339. The van der Waals surface area contributed by atoms with E-state index in [2.05, 4.69) is 21.3 Å². The molecule has 2 rings (SSSR count). The highest BCUT2D eigenvalue weighted by Gasteiger charge is 2.07. The van der Waals surface area contributed by atoms with Gasteiger partial charge in [0.2, 0.25) is 23.6 Å². The van der Waals surface area contributed by atoms with Crippen molar-refractivity contribution in [2.24, 2.45) is 0 Å². The minimum Gasteiger partial charge on any atom is -0.359 e. The van der Waals surface area contributed by atoms with Gasteiger partial charge in [-0.1, -0.05) is 24.3 Å². The fourth-order valence-corrected chi connectivity index (χ4v) is 3.29. The molecule has 2 aromatic rings. The van der Waals surface area contributed by atoms with Crippen molar-refractivity contribution in [3.8, 4) is 0 Å². The number of carbonyl (C=O) groups is 4.